The minimum atomic E-state index is -0.244. The molecule has 2 aromatic carbocycles. The lowest BCUT2D eigenvalue weighted by molar-refractivity contribution is 0.607. The van der Waals surface area contributed by atoms with Crippen LogP contribution in [0.15, 0.2) is 46.9 Å². The topological polar surface area (TPSA) is 0 Å². The van der Waals surface area contributed by atoms with Crippen LogP contribution in [0, 0.1) is 9.39 Å². The number of hydrogen-bond donors (Lipinski definition) is 0. The summed E-state index contributed by atoms with van der Waals surface area (Å²) < 4.78 is 15.6. The lowest BCUT2D eigenvalue weighted by atomic mass is 10.0. The van der Waals surface area contributed by atoms with E-state index >= 15 is 0 Å². The van der Waals surface area contributed by atoms with Gasteiger partial charge in [0.1, 0.15) is 5.82 Å². The molecule has 0 nitrogen and oxygen atoms in total. The molecule has 2 aromatic rings. The van der Waals surface area contributed by atoms with Crippen molar-refractivity contribution in [3.8, 4) is 0 Å². The summed E-state index contributed by atoms with van der Waals surface area (Å²) in [7, 11) is 0. The lowest BCUT2D eigenvalue weighted by Crippen LogP contribution is -1.99. The summed E-state index contributed by atoms with van der Waals surface area (Å²) in [4.78, 5) is 0. The molecular formula is C14H10BrClFI. The molecule has 0 radical (unpaired) electrons. The van der Waals surface area contributed by atoms with Crippen molar-refractivity contribution in [2.45, 2.75) is 11.8 Å². The Kier molecular flexibility index (Phi) is 5.04. The molecule has 18 heavy (non-hydrogen) atoms. The zero-order valence-corrected chi connectivity index (χ0v) is 13.8. The molecule has 0 saturated carbocycles. The van der Waals surface area contributed by atoms with Gasteiger partial charge >= 0.3 is 0 Å². The van der Waals surface area contributed by atoms with Crippen LogP contribution in [-0.4, -0.2) is 0 Å². The Bertz CT molecular complexity index is 559. The average Bonchev–Trinajstić information content (AvgIpc) is 2.35. The van der Waals surface area contributed by atoms with Gasteiger partial charge in [0.05, 0.1) is 5.38 Å². The molecule has 4 heteroatoms. The van der Waals surface area contributed by atoms with E-state index in [1.807, 2.05) is 24.3 Å². The predicted molar refractivity (Wildman–Crippen MR) is 85.6 cm³/mol. The Labute approximate surface area is 133 Å². The van der Waals surface area contributed by atoms with Crippen LogP contribution >= 0.6 is 50.1 Å². The molecule has 94 valence electrons. The van der Waals surface area contributed by atoms with Crippen LogP contribution in [0.2, 0.25) is 0 Å². The molecule has 1 unspecified atom stereocenters. The first kappa shape index (κ1) is 14.3. The molecule has 0 bridgehead atoms. The zero-order chi connectivity index (χ0) is 13.1. The second kappa shape index (κ2) is 6.35. The number of hydrogen-bond acceptors (Lipinski definition) is 0. The van der Waals surface area contributed by atoms with Crippen LogP contribution < -0.4 is 0 Å². The van der Waals surface area contributed by atoms with E-state index in [1.165, 1.54) is 6.07 Å². The van der Waals surface area contributed by atoms with Gasteiger partial charge in [-0.15, -0.1) is 11.6 Å². The monoisotopic (exact) mass is 438 g/mol. The predicted octanol–water partition coefficient (Wildman–Crippen LogP) is 5.72. The van der Waals surface area contributed by atoms with E-state index in [-0.39, 0.29) is 11.2 Å². The highest BCUT2D eigenvalue weighted by atomic mass is 127. The molecular weight excluding hydrogens is 429 g/mol. The highest BCUT2D eigenvalue weighted by Gasteiger charge is 2.14. The molecule has 0 aliphatic rings. The minimum Gasteiger partial charge on any atom is -0.207 e. The van der Waals surface area contributed by atoms with E-state index in [0.717, 1.165) is 13.6 Å². The van der Waals surface area contributed by atoms with E-state index in [9.17, 15) is 4.39 Å². The van der Waals surface area contributed by atoms with E-state index in [1.54, 1.807) is 12.1 Å². The molecule has 0 aromatic heterocycles. The first-order valence-electron chi connectivity index (χ1n) is 5.40. The molecule has 0 amide bonds. The summed E-state index contributed by atoms with van der Waals surface area (Å²) in [5.41, 5.74) is 1.63. The summed E-state index contributed by atoms with van der Waals surface area (Å²) in [5.74, 6) is -0.204. The lowest BCUT2D eigenvalue weighted by Gasteiger charge is -2.13. The molecule has 0 aliphatic heterocycles. The van der Waals surface area contributed by atoms with E-state index in [2.05, 4.69) is 38.5 Å². The van der Waals surface area contributed by atoms with Crippen LogP contribution in [0.3, 0.4) is 0 Å². The first-order chi connectivity index (χ1) is 8.58. The minimum absolute atomic E-state index is 0.204. The van der Waals surface area contributed by atoms with Crippen molar-refractivity contribution >= 4 is 50.1 Å². The highest BCUT2D eigenvalue weighted by Crippen LogP contribution is 2.32. The average molecular weight is 439 g/mol. The van der Waals surface area contributed by atoms with Gasteiger partial charge in [-0.1, -0.05) is 34.1 Å². The van der Waals surface area contributed by atoms with Gasteiger partial charge in [0.25, 0.3) is 0 Å². The van der Waals surface area contributed by atoms with Crippen molar-refractivity contribution in [3.63, 3.8) is 0 Å². The van der Waals surface area contributed by atoms with Crippen molar-refractivity contribution in [1.29, 1.82) is 0 Å². The molecule has 0 spiro atoms. The fourth-order valence-electron chi connectivity index (χ4n) is 1.72. The number of alkyl halides is 1. The summed E-state index contributed by atoms with van der Waals surface area (Å²) in [6, 6.07) is 12.7. The van der Waals surface area contributed by atoms with Gasteiger partial charge in [-0.25, -0.2) is 4.39 Å². The van der Waals surface area contributed by atoms with E-state index in [4.69, 9.17) is 11.6 Å². The fourth-order valence-corrected chi connectivity index (χ4v) is 3.24. The number of benzene rings is 2. The second-order valence-corrected chi connectivity index (χ2v) is 6.56. The number of rotatable bonds is 3. The zero-order valence-electron chi connectivity index (χ0n) is 9.34. The molecule has 2 rings (SSSR count). The van der Waals surface area contributed by atoms with Crippen molar-refractivity contribution in [1.82, 2.24) is 0 Å². The summed E-state index contributed by atoms with van der Waals surface area (Å²) in [5, 5.41) is -0.244. The fraction of sp³-hybridized carbons (Fsp3) is 0.143. The summed E-state index contributed by atoms with van der Waals surface area (Å²) in [6.07, 6.45) is 0.479. The van der Waals surface area contributed by atoms with E-state index < -0.39 is 0 Å². The third-order valence-corrected chi connectivity index (χ3v) is 4.44. The van der Waals surface area contributed by atoms with Crippen molar-refractivity contribution in [3.05, 3.63) is 67.5 Å². The van der Waals surface area contributed by atoms with Crippen molar-refractivity contribution < 1.29 is 4.39 Å². The first-order valence-corrected chi connectivity index (χ1v) is 7.71. The van der Waals surface area contributed by atoms with Crippen molar-refractivity contribution in [2.24, 2.45) is 0 Å². The maximum absolute atomic E-state index is 13.6. The van der Waals surface area contributed by atoms with Gasteiger partial charge in [-0.05, 0) is 64.4 Å². The third kappa shape index (κ3) is 3.45. The third-order valence-electron chi connectivity index (χ3n) is 2.65. The Morgan fingerprint density at radius 3 is 2.67 bits per heavy atom. The van der Waals surface area contributed by atoms with Gasteiger partial charge in [0, 0.05) is 8.04 Å². The standard InChI is InChI=1S/C14H10BrClFI/c15-12-6-5-10(18)8-11(12)13(16)7-9-3-1-2-4-14(9)17/h1-6,8,13H,7H2. The summed E-state index contributed by atoms with van der Waals surface area (Å²) >= 11 is 12.1. The maximum atomic E-state index is 13.6. The number of halogens is 4. The van der Waals surface area contributed by atoms with Gasteiger partial charge in [-0.2, -0.15) is 0 Å². The molecule has 0 N–H and O–H groups in total. The van der Waals surface area contributed by atoms with Gasteiger partial charge in [-0.3, -0.25) is 0 Å². The SMILES string of the molecule is Fc1ccccc1CC(Cl)c1cc(I)ccc1Br. The summed E-state index contributed by atoms with van der Waals surface area (Å²) in [6.45, 7) is 0. The van der Waals surface area contributed by atoms with Crippen molar-refractivity contribution in [2.75, 3.05) is 0 Å². The maximum Gasteiger partial charge on any atom is 0.126 e. The van der Waals surface area contributed by atoms with E-state index in [0.29, 0.717) is 12.0 Å². The molecule has 0 saturated heterocycles. The highest BCUT2D eigenvalue weighted by molar-refractivity contribution is 14.1. The Morgan fingerprint density at radius 1 is 1.22 bits per heavy atom. The van der Waals surface area contributed by atoms with Crippen LogP contribution in [-0.2, 0) is 6.42 Å². The molecule has 0 aliphatic carbocycles. The van der Waals surface area contributed by atoms with Gasteiger partial charge < -0.3 is 0 Å². The largest absolute Gasteiger partial charge is 0.207 e. The molecule has 0 fully saturated rings. The molecule has 1 atom stereocenters. The van der Waals surface area contributed by atoms with Gasteiger partial charge in [0.2, 0.25) is 0 Å². The normalized spacial score (nSPS) is 12.4. The second-order valence-electron chi connectivity index (χ2n) is 3.93. The van der Waals surface area contributed by atoms with Crippen LogP contribution in [0.5, 0.6) is 0 Å². The smallest absolute Gasteiger partial charge is 0.126 e. The van der Waals surface area contributed by atoms with Crippen LogP contribution in [0.25, 0.3) is 0 Å². The van der Waals surface area contributed by atoms with Crippen LogP contribution in [0.4, 0.5) is 4.39 Å². The Morgan fingerprint density at radius 2 is 1.94 bits per heavy atom. The van der Waals surface area contributed by atoms with Gasteiger partial charge in [0.15, 0.2) is 0 Å². The Hall–Kier alpha value is -0.130. The Balaban J connectivity index is 2.25. The quantitative estimate of drug-likeness (QED) is 0.424. The van der Waals surface area contributed by atoms with Crippen LogP contribution in [0.1, 0.15) is 16.5 Å². The molecule has 0 heterocycles.